The number of benzene rings is 1. The number of aliphatic hydroxyl groups excluding tert-OH is 1. The van der Waals surface area contributed by atoms with E-state index >= 15 is 0 Å². The van der Waals surface area contributed by atoms with Crippen molar-refractivity contribution >= 4 is 5.91 Å². The summed E-state index contributed by atoms with van der Waals surface area (Å²) in [4.78, 5) is 13.3. The molecule has 0 unspecified atom stereocenters. The van der Waals surface area contributed by atoms with E-state index in [0.29, 0.717) is 37.4 Å². The van der Waals surface area contributed by atoms with E-state index in [1.807, 2.05) is 6.07 Å². The zero-order valence-electron chi connectivity index (χ0n) is 11.3. The summed E-state index contributed by atoms with van der Waals surface area (Å²) in [5.41, 5.74) is 0.578. The van der Waals surface area contributed by atoms with Crippen molar-refractivity contribution in [2.24, 2.45) is 0 Å². The zero-order valence-corrected chi connectivity index (χ0v) is 11.3. The number of hydrogen-bond acceptors (Lipinski definition) is 4. The van der Waals surface area contributed by atoms with E-state index in [4.69, 9.17) is 15.1 Å². The number of nitriles is 1. The van der Waals surface area contributed by atoms with Crippen LogP contribution in [0.15, 0.2) is 24.3 Å². The molecule has 1 aromatic rings. The third kappa shape index (κ3) is 3.97. The fourth-order valence-electron chi connectivity index (χ4n) is 2.04. The van der Waals surface area contributed by atoms with Crippen LogP contribution in [0.4, 0.5) is 0 Å². The quantitative estimate of drug-likeness (QED) is 0.794. The van der Waals surface area contributed by atoms with Crippen molar-refractivity contribution in [1.82, 2.24) is 4.90 Å². The van der Waals surface area contributed by atoms with Crippen LogP contribution in [0.3, 0.4) is 0 Å². The zero-order chi connectivity index (χ0) is 14.4. The van der Waals surface area contributed by atoms with Gasteiger partial charge in [0.05, 0.1) is 24.3 Å². The monoisotopic (exact) mass is 274 g/mol. The summed E-state index contributed by atoms with van der Waals surface area (Å²) in [5, 5.41) is 17.9. The molecule has 0 spiro atoms. The number of carbonyl (C=O) groups excluding carboxylic acids is 1. The Hall–Kier alpha value is -2.06. The van der Waals surface area contributed by atoms with Gasteiger partial charge in [-0.2, -0.15) is 5.26 Å². The molecule has 5 heteroatoms. The second-order valence-electron chi connectivity index (χ2n) is 4.90. The van der Waals surface area contributed by atoms with Crippen LogP contribution >= 0.6 is 0 Å². The Morgan fingerprint density at radius 1 is 1.45 bits per heavy atom. The smallest absolute Gasteiger partial charge is 0.222 e. The third-order valence-electron chi connectivity index (χ3n) is 3.23. The Kier molecular flexibility index (Phi) is 4.97. The minimum atomic E-state index is -0.338. The number of aliphatic hydroxyl groups is 1. The summed E-state index contributed by atoms with van der Waals surface area (Å²) >= 11 is 0. The molecule has 1 aliphatic rings. The van der Waals surface area contributed by atoms with Crippen molar-refractivity contribution in [1.29, 1.82) is 5.26 Å². The summed E-state index contributed by atoms with van der Waals surface area (Å²) < 4.78 is 5.53. The molecule has 1 aromatic carbocycles. The van der Waals surface area contributed by atoms with Gasteiger partial charge in [0.2, 0.25) is 5.91 Å². The van der Waals surface area contributed by atoms with Crippen LogP contribution < -0.4 is 4.74 Å². The summed E-state index contributed by atoms with van der Waals surface area (Å²) in [5.74, 6) is 0.781. The highest BCUT2D eigenvalue weighted by Crippen LogP contribution is 2.14. The molecule has 0 bridgehead atoms. The number of β-amino-alcohol motifs (C(OH)–C–C–N with tert-alkyl or cyclic N) is 1. The highest BCUT2D eigenvalue weighted by atomic mass is 16.5. The number of nitrogens with zero attached hydrogens (tertiary/aromatic N) is 2. The Morgan fingerprint density at radius 3 is 2.95 bits per heavy atom. The topological polar surface area (TPSA) is 73.6 Å². The molecule has 1 fully saturated rings. The number of ether oxygens (including phenoxy) is 1. The van der Waals surface area contributed by atoms with Crippen LogP contribution in [0, 0.1) is 11.3 Å². The normalized spacial score (nSPS) is 14.5. The predicted molar refractivity (Wildman–Crippen MR) is 73.1 cm³/mol. The molecule has 0 aromatic heterocycles. The molecule has 0 atom stereocenters. The van der Waals surface area contributed by atoms with Crippen molar-refractivity contribution in [3.05, 3.63) is 29.8 Å². The van der Waals surface area contributed by atoms with Gasteiger partial charge in [-0.1, -0.05) is 6.07 Å². The van der Waals surface area contributed by atoms with Crippen molar-refractivity contribution in [3.8, 4) is 11.8 Å². The first kappa shape index (κ1) is 14.4. The molecule has 0 radical (unpaired) electrons. The minimum Gasteiger partial charge on any atom is -0.494 e. The largest absolute Gasteiger partial charge is 0.494 e. The van der Waals surface area contributed by atoms with Gasteiger partial charge in [0.1, 0.15) is 5.75 Å². The fraction of sp³-hybridized carbons (Fsp3) is 0.467. The molecule has 20 heavy (non-hydrogen) atoms. The Bertz CT molecular complexity index is 504. The molecule has 1 amide bonds. The average molecular weight is 274 g/mol. The van der Waals surface area contributed by atoms with Crippen molar-refractivity contribution in [3.63, 3.8) is 0 Å². The van der Waals surface area contributed by atoms with Crippen LogP contribution in [0.2, 0.25) is 0 Å². The second kappa shape index (κ2) is 6.92. The van der Waals surface area contributed by atoms with Crippen molar-refractivity contribution < 1.29 is 14.6 Å². The van der Waals surface area contributed by atoms with E-state index in [1.54, 1.807) is 23.1 Å². The van der Waals surface area contributed by atoms with Gasteiger partial charge in [0, 0.05) is 19.5 Å². The standard InChI is InChI=1S/C15H18N2O3/c16-9-12-4-3-5-14(8-12)20-7-2-1-6-15(19)17-10-13(18)11-17/h3-5,8,13,18H,1-2,6-7,10-11H2. The first-order valence-electron chi connectivity index (χ1n) is 6.78. The van der Waals surface area contributed by atoms with Gasteiger partial charge >= 0.3 is 0 Å². The SMILES string of the molecule is N#Cc1cccc(OCCCCC(=O)N2CC(O)C2)c1. The molecule has 1 heterocycles. The Labute approximate surface area is 118 Å². The van der Waals surface area contributed by atoms with Crippen LogP contribution in [0.1, 0.15) is 24.8 Å². The number of hydrogen-bond donors (Lipinski definition) is 1. The van der Waals surface area contributed by atoms with Crippen molar-refractivity contribution in [2.45, 2.75) is 25.4 Å². The molecule has 1 saturated heterocycles. The van der Waals surface area contributed by atoms with E-state index in [0.717, 1.165) is 12.8 Å². The van der Waals surface area contributed by atoms with Gasteiger partial charge in [-0.15, -0.1) is 0 Å². The summed E-state index contributed by atoms with van der Waals surface area (Å²) in [6.45, 7) is 1.47. The number of rotatable bonds is 6. The number of likely N-dealkylation sites (tertiary alicyclic amines) is 1. The van der Waals surface area contributed by atoms with E-state index in [1.165, 1.54) is 0 Å². The lowest BCUT2D eigenvalue weighted by Gasteiger charge is -2.35. The molecular formula is C15H18N2O3. The van der Waals surface area contributed by atoms with Gasteiger partial charge in [0.25, 0.3) is 0 Å². The van der Waals surface area contributed by atoms with E-state index in [-0.39, 0.29) is 12.0 Å². The van der Waals surface area contributed by atoms with Crippen LogP contribution in [0.25, 0.3) is 0 Å². The first-order valence-corrected chi connectivity index (χ1v) is 6.78. The highest BCUT2D eigenvalue weighted by Gasteiger charge is 2.27. The summed E-state index contributed by atoms with van der Waals surface area (Å²) in [6, 6.07) is 9.09. The third-order valence-corrected chi connectivity index (χ3v) is 3.23. The molecule has 0 saturated carbocycles. The van der Waals surface area contributed by atoms with Gasteiger partial charge in [-0.25, -0.2) is 0 Å². The van der Waals surface area contributed by atoms with Gasteiger partial charge in [-0.05, 0) is 31.0 Å². The summed E-state index contributed by atoms with van der Waals surface area (Å²) in [7, 11) is 0. The highest BCUT2D eigenvalue weighted by molar-refractivity contribution is 5.77. The molecular weight excluding hydrogens is 256 g/mol. The molecule has 5 nitrogen and oxygen atoms in total. The number of amides is 1. The first-order chi connectivity index (χ1) is 9.69. The van der Waals surface area contributed by atoms with Gasteiger partial charge in [-0.3, -0.25) is 4.79 Å². The maximum Gasteiger partial charge on any atom is 0.222 e. The van der Waals surface area contributed by atoms with Crippen LogP contribution in [0.5, 0.6) is 5.75 Å². The molecule has 2 rings (SSSR count). The molecule has 1 N–H and O–H groups in total. The van der Waals surface area contributed by atoms with Crippen LogP contribution in [-0.2, 0) is 4.79 Å². The summed E-state index contributed by atoms with van der Waals surface area (Å²) in [6.07, 6.45) is 1.71. The lowest BCUT2D eigenvalue weighted by atomic mass is 10.1. The maximum atomic E-state index is 11.6. The molecule has 106 valence electrons. The Balaban J connectivity index is 1.59. The van der Waals surface area contributed by atoms with E-state index in [2.05, 4.69) is 6.07 Å². The van der Waals surface area contributed by atoms with Crippen LogP contribution in [-0.4, -0.2) is 41.7 Å². The number of unbranched alkanes of at least 4 members (excludes halogenated alkanes) is 1. The molecule has 0 aliphatic carbocycles. The minimum absolute atomic E-state index is 0.0989. The average Bonchev–Trinajstić information content (AvgIpc) is 2.43. The van der Waals surface area contributed by atoms with Crippen molar-refractivity contribution in [2.75, 3.05) is 19.7 Å². The maximum absolute atomic E-state index is 11.6. The predicted octanol–water partition coefficient (Wildman–Crippen LogP) is 1.31. The molecule has 1 aliphatic heterocycles. The number of carbonyl (C=O) groups is 1. The lowest BCUT2D eigenvalue weighted by molar-refractivity contribution is -0.141. The second-order valence-corrected chi connectivity index (χ2v) is 4.90. The van der Waals surface area contributed by atoms with E-state index < -0.39 is 0 Å². The van der Waals surface area contributed by atoms with Gasteiger partial charge in [0.15, 0.2) is 0 Å². The lowest BCUT2D eigenvalue weighted by Crippen LogP contribution is -2.53. The Morgan fingerprint density at radius 2 is 2.25 bits per heavy atom. The fourth-order valence-corrected chi connectivity index (χ4v) is 2.04. The van der Waals surface area contributed by atoms with Gasteiger partial charge < -0.3 is 14.7 Å². The van der Waals surface area contributed by atoms with E-state index in [9.17, 15) is 4.79 Å².